The monoisotopic (exact) mass is 194 g/mol. The minimum Gasteiger partial charge on any atom is -0.381 e. The lowest BCUT2D eigenvalue weighted by molar-refractivity contribution is 0.733. The predicted octanol–water partition coefficient (Wildman–Crippen LogP) is 1.69. The number of rotatable bonds is 5. The van der Waals surface area contributed by atoms with Crippen molar-refractivity contribution in [1.29, 1.82) is 0 Å². The van der Waals surface area contributed by atoms with Gasteiger partial charge in [0.15, 0.2) is 11.6 Å². The lowest BCUT2D eigenvalue weighted by Gasteiger charge is -2.22. The second-order valence-corrected chi connectivity index (χ2v) is 3.25. The first-order valence-corrected chi connectivity index (χ1v) is 5.11. The van der Waals surface area contributed by atoms with Crippen LogP contribution in [-0.2, 0) is 0 Å². The molecule has 1 aromatic heterocycles. The van der Waals surface area contributed by atoms with E-state index in [0.29, 0.717) is 5.82 Å². The molecule has 0 aliphatic rings. The summed E-state index contributed by atoms with van der Waals surface area (Å²) in [6.45, 7) is 6.26. The summed E-state index contributed by atoms with van der Waals surface area (Å²) in [7, 11) is 0. The molecular weight excluding hydrogens is 176 g/mol. The average molecular weight is 194 g/mol. The smallest absolute Gasteiger partial charge is 0.171 e. The van der Waals surface area contributed by atoms with E-state index >= 15 is 0 Å². The Balaban J connectivity index is 2.81. The van der Waals surface area contributed by atoms with E-state index in [9.17, 15) is 0 Å². The van der Waals surface area contributed by atoms with Gasteiger partial charge in [-0.2, -0.15) is 0 Å². The largest absolute Gasteiger partial charge is 0.381 e. The highest BCUT2D eigenvalue weighted by Crippen LogP contribution is 2.16. The van der Waals surface area contributed by atoms with E-state index in [1.54, 1.807) is 12.4 Å². The first kappa shape index (κ1) is 10.8. The van der Waals surface area contributed by atoms with Crippen molar-refractivity contribution in [3.05, 3.63) is 12.4 Å². The van der Waals surface area contributed by atoms with Crippen LogP contribution in [0.25, 0.3) is 0 Å². The van der Waals surface area contributed by atoms with E-state index in [1.807, 2.05) is 0 Å². The Morgan fingerprint density at radius 3 is 2.21 bits per heavy atom. The highest BCUT2D eigenvalue weighted by molar-refractivity contribution is 5.57. The highest BCUT2D eigenvalue weighted by atomic mass is 15.2. The zero-order chi connectivity index (χ0) is 10.4. The van der Waals surface area contributed by atoms with Gasteiger partial charge in [-0.25, -0.2) is 9.97 Å². The van der Waals surface area contributed by atoms with E-state index in [2.05, 4.69) is 28.7 Å². The van der Waals surface area contributed by atoms with E-state index in [-0.39, 0.29) is 0 Å². The molecule has 78 valence electrons. The van der Waals surface area contributed by atoms with Gasteiger partial charge < -0.3 is 10.6 Å². The third-order valence-electron chi connectivity index (χ3n) is 1.99. The van der Waals surface area contributed by atoms with Gasteiger partial charge in [0.25, 0.3) is 0 Å². The Hall–Kier alpha value is -1.32. The molecule has 0 spiro atoms. The first-order valence-electron chi connectivity index (χ1n) is 5.11. The van der Waals surface area contributed by atoms with E-state index in [1.165, 1.54) is 0 Å². The minimum absolute atomic E-state index is 0.523. The van der Waals surface area contributed by atoms with Gasteiger partial charge in [0.1, 0.15) is 0 Å². The fraction of sp³-hybridized carbons (Fsp3) is 0.600. The minimum atomic E-state index is 0.523. The van der Waals surface area contributed by atoms with Crippen molar-refractivity contribution in [1.82, 2.24) is 9.97 Å². The lowest BCUT2D eigenvalue weighted by Crippen LogP contribution is -2.27. The van der Waals surface area contributed by atoms with Crippen LogP contribution in [0, 0.1) is 0 Å². The Labute approximate surface area is 85.2 Å². The van der Waals surface area contributed by atoms with Crippen molar-refractivity contribution in [2.75, 3.05) is 23.7 Å². The second-order valence-electron chi connectivity index (χ2n) is 3.25. The zero-order valence-corrected chi connectivity index (χ0v) is 8.90. The molecule has 1 aromatic rings. The van der Waals surface area contributed by atoms with Crippen LogP contribution in [0.15, 0.2) is 12.4 Å². The summed E-state index contributed by atoms with van der Waals surface area (Å²) >= 11 is 0. The molecule has 0 radical (unpaired) electrons. The molecule has 14 heavy (non-hydrogen) atoms. The Kier molecular flexibility index (Phi) is 4.16. The van der Waals surface area contributed by atoms with Crippen LogP contribution in [-0.4, -0.2) is 23.1 Å². The molecule has 1 rings (SSSR count). The van der Waals surface area contributed by atoms with Gasteiger partial charge >= 0.3 is 0 Å². The summed E-state index contributed by atoms with van der Waals surface area (Å²) in [6.07, 6.45) is 5.49. The number of hydrogen-bond acceptors (Lipinski definition) is 4. The van der Waals surface area contributed by atoms with Crippen molar-refractivity contribution >= 4 is 11.6 Å². The maximum absolute atomic E-state index is 5.77. The standard InChI is InChI=1S/C10H18N4/c1-3-7-14(8-4-2)10-9(11)12-5-6-13-10/h5-6H,3-4,7-8H2,1-2H3,(H2,11,12). The quantitative estimate of drug-likeness (QED) is 0.775. The van der Waals surface area contributed by atoms with E-state index in [4.69, 9.17) is 5.73 Å². The number of nitrogens with two attached hydrogens (primary N) is 1. The van der Waals surface area contributed by atoms with E-state index in [0.717, 1.165) is 31.7 Å². The third-order valence-corrected chi connectivity index (χ3v) is 1.99. The molecule has 0 bridgehead atoms. The zero-order valence-electron chi connectivity index (χ0n) is 8.90. The number of nitrogens with zero attached hydrogens (tertiary/aromatic N) is 3. The number of nitrogen functional groups attached to an aromatic ring is 1. The van der Waals surface area contributed by atoms with Crippen molar-refractivity contribution in [3.63, 3.8) is 0 Å². The molecule has 0 amide bonds. The fourth-order valence-electron chi connectivity index (χ4n) is 1.45. The summed E-state index contributed by atoms with van der Waals surface area (Å²) in [6, 6.07) is 0. The molecule has 0 unspecified atom stereocenters. The topological polar surface area (TPSA) is 55.0 Å². The van der Waals surface area contributed by atoms with Crippen LogP contribution >= 0.6 is 0 Å². The summed E-state index contributed by atoms with van der Waals surface area (Å²) in [5, 5.41) is 0. The Morgan fingerprint density at radius 2 is 1.71 bits per heavy atom. The molecule has 0 atom stereocenters. The van der Waals surface area contributed by atoms with Crippen molar-refractivity contribution in [2.24, 2.45) is 0 Å². The Bertz CT molecular complexity index is 269. The summed E-state index contributed by atoms with van der Waals surface area (Å²) in [5.41, 5.74) is 5.77. The third kappa shape index (κ3) is 2.58. The van der Waals surface area contributed by atoms with Gasteiger partial charge in [-0.3, -0.25) is 0 Å². The lowest BCUT2D eigenvalue weighted by atomic mass is 10.3. The molecule has 0 saturated heterocycles. The predicted molar refractivity (Wildman–Crippen MR) is 59.2 cm³/mol. The second kappa shape index (κ2) is 5.42. The normalized spacial score (nSPS) is 10.1. The molecule has 4 heteroatoms. The molecular formula is C10H18N4. The van der Waals surface area contributed by atoms with Crippen LogP contribution in [0.2, 0.25) is 0 Å². The van der Waals surface area contributed by atoms with Crippen LogP contribution < -0.4 is 10.6 Å². The van der Waals surface area contributed by atoms with E-state index < -0.39 is 0 Å². The average Bonchev–Trinajstić information content (AvgIpc) is 2.18. The van der Waals surface area contributed by atoms with Crippen LogP contribution in [0.5, 0.6) is 0 Å². The molecule has 0 aliphatic carbocycles. The fourth-order valence-corrected chi connectivity index (χ4v) is 1.45. The molecule has 0 aromatic carbocycles. The van der Waals surface area contributed by atoms with Gasteiger partial charge in [0.05, 0.1) is 0 Å². The van der Waals surface area contributed by atoms with Gasteiger partial charge in [-0.05, 0) is 12.8 Å². The molecule has 0 fully saturated rings. The van der Waals surface area contributed by atoms with Crippen LogP contribution in [0.3, 0.4) is 0 Å². The molecule has 0 aliphatic heterocycles. The van der Waals surface area contributed by atoms with Crippen LogP contribution in [0.1, 0.15) is 26.7 Å². The number of anilines is 2. The first-order chi connectivity index (χ1) is 6.79. The molecule has 0 saturated carbocycles. The number of aromatic nitrogens is 2. The SMILES string of the molecule is CCCN(CCC)c1nccnc1N. The van der Waals surface area contributed by atoms with Gasteiger partial charge in [0, 0.05) is 25.5 Å². The maximum Gasteiger partial charge on any atom is 0.171 e. The Morgan fingerprint density at radius 1 is 1.14 bits per heavy atom. The highest BCUT2D eigenvalue weighted by Gasteiger charge is 2.09. The van der Waals surface area contributed by atoms with Crippen LogP contribution in [0.4, 0.5) is 11.6 Å². The van der Waals surface area contributed by atoms with Crippen molar-refractivity contribution in [3.8, 4) is 0 Å². The summed E-state index contributed by atoms with van der Waals surface area (Å²) in [4.78, 5) is 10.5. The summed E-state index contributed by atoms with van der Waals surface area (Å²) in [5.74, 6) is 1.34. The van der Waals surface area contributed by atoms with Gasteiger partial charge in [-0.15, -0.1) is 0 Å². The van der Waals surface area contributed by atoms with Crippen molar-refractivity contribution < 1.29 is 0 Å². The van der Waals surface area contributed by atoms with Gasteiger partial charge in [-0.1, -0.05) is 13.8 Å². The molecule has 4 nitrogen and oxygen atoms in total. The molecule has 1 heterocycles. The van der Waals surface area contributed by atoms with Gasteiger partial charge in [0.2, 0.25) is 0 Å². The number of hydrogen-bond donors (Lipinski definition) is 1. The molecule has 2 N–H and O–H groups in total. The maximum atomic E-state index is 5.77. The summed E-state index contributed by atoms with van der Waals surface area (Å²) < 4.78 is 0. The van der Waals surface area contributed by atoms with Crippen molar-refractivity contribution in [2.45, 2.75) is 26.7 Å².